The number of carbonyl (C=O) groups is 1. The van der Waals surface area contributed by atoms with Crippen LogP contribution in [0.15, 0.2) is 10.6 Å². The van der Waals surface area contributed by atoms with Crippen LogP contribution in [-0.4, -0.2) is 36.3 Å². The van der Waals surface area contributed by atoms with E-state index in [-0.39, 0.29) is 11.8 Å². The summed E-state index contributed by atoms with van der Waals surface area (Å²) in [6.07, 6.45) is 2.07. The molecular weight excluding hydrogens is 262 g/mol. The minimum Gasteiger partial charge on any atom is -0.481 e. The molecule has 0 aliphatic carbocycles. The van der Waals surface area contributed by atoms with E-state index in [1.54, 1.807) is 10.9 Å². The van der Waals surface area contributed by atoms with Gasteiger partial charge in [-0.15, -0.1) is 15.3 Å². The van der Waals surface area contributed by atoms with E-state index in [1.807, 2.05) is 20.8 Å². The van der Waals surface area contributed by atoms with Gasteiger partial charge < -0.3 is 9.52 Å². The van der Waals surface area contributed by atoms with Gasteiger partial charge in [0.05, 0.1) is 12.1 Å². The molecule has 2 heterocycles. The van der Waals surface area contributed by atoms with Gasteiger partial charge in [0.2, 0.25) is 11.8 Å². The first-order chi connectivity index (χ1) is 9.34. The molecule has 2 rings (SSSR count). The smallest absolute Gasteiger partial charge is 0.303 e. The summed E-state index contributed by atoms with van der Waals surface area (Å²) in [6, 6.07) is 0. The van der Waals surface area contributed by atoms with Crippen molar-refractivity contribution in [2.24, 2.45) is 0 Å². The summed E-state index contributed by atoms with van der Waals surface area (Å²) in [6.45, 7) is 6.29. The van der Waals surface area contributed by atoms with Crippen molar-refractivity contribution in [3.63, 3.8) is 0 Å². The third kappa shape index (κ3) is 3.62. The number of hydrogen-bond donors (Lipinski definition) is 1. The number of hydrogen-bond acceptors (Lipinski definition) is 6. The minimum absolute atomic E-state index is 0.0351. The van der Waals surface area contributed by atoms with E-state index in [4.69, 9.17) is 9.52 Å². The lowest BCUT2D eigenvalue weighted by atomic mass is 9.97. The van der Waals surface area contributed by atoms with Gasteiger partial charge in [0.25, 0.3) is 0 Å². The number of nitrogens with zero attached hydrogens (tertiary/aromatic N) is 5. The molecule has 0 bridgehead atoms. The molecule has 1 N–H and O–H groups in total. The second-order valence-corrected chi connectivity index (χ2v) is 5.55. The largest absolute Gasteiger partial charge is 0.481 e. The molecular formula is C12H17N5O3. The molecule has 20 heavy (non-hydrogen) atoms. The zero-order valence-corrected chi connectivity index (χ0v) is 11.7. The van der Waals surface area contributed by atoms with Crippen LogP contribution in [0.2, 0.25) is 0 Å². The van der Waals surface area contributed by atoms with Crippen molar-refractivity contribution in [1.82, 2.24) is 25.2 Å². The second-order valence-electron chi connectivity index (χ2n) is 5.55. The Hall–Kier alpha value is -2.25. The number of rotatable bonds is 5. The monoisotopic (exact) mass is 279 g/mol. The van der Waals surface area contributed by atoms with Gasteiger partial charge in [-0.3, -0.25) is 4.79 Å². The Kier molecular flexibility index (Phi) is 3.82. The Morgan fingerprint density at radius 3 is 2.70 bits per heavy atom. The zero-order chi connectivity index (χ0) is 14.8. The van der Waals surface area contributed by atoms with Gasteiger partial charge in [0, 0.05) is 18.0 Å². The number of aliphatic carboxylic acids is 1. The summed E-state index contributed by atoms with van der Waals surface area (Å²) in [5, 5.41) is 24.4. The summed E-state index contributed by atoms with van der Waals surface area (Å²) in [5.74, 6) is 0.162. The lowest BCUT2D eigenvalue weighted by Crippen LogP contribution is -2.11. The van der Waals surface area contributed by atoms with Gasteiger partial charge in [-0.25, -0.2) is 4.68 Å². The number of carboxylic acid groups (broad SMARTS) is 1. The molecule has 0 atom stereocenters. The van der Waals surface area contributed by atoms with Crippen LogP contribution in [0, 0.1) is 0 Å². The van der Waals surface area contributed by atoms with Crippen molar-refractivity contribution >= 4 is 5.97 Å². The van der Waals surface area contributed by atoms with Gasteiger partial charge >= 0.3 is 5.97 Å². The molecule has 8 nitrogen and oxygen atoms in total. The molecule has 2 aromatic rings. The van der Waals surface area contributed by atoms with Crippen molar-refractivity contribution in [2.75, 3.05) is 0 Å². The molecule has 0 amide bonds. The molecule has 0 saturated carbocycles. The maximum atomic E-state index is 10.5. The zero-order valence-electron chi connectivity index (χ0n) is 11.7. The van der Waals surface area contributed by atoms with Gasteiger partial charge in [-0.05, 0) is 0 Å². The molecule has 0 saturated heterocycles. The highest BCUT2D eigenvalue weighted by molar-refractivity contribution is 5.66. The first-order valence-electron chi connectivity index (χ1n) is 6.28. The molecule has 0 aliphatic rings. The maximum absolute atomic E-state index is 10.5. The average molecular weight is 279 g/mol. The molecule has 0 aromatic carbocycles. The van der Waals surface area contributed by atoms with Crippen molar-refractivity contribution in [3.8, 4) is 0 Å². The Morgan fingerprint density at radius 2 is 2.10 bits per heavy atom. The quantitative estimate of drug-likeness (QED) is 0.870. The fourth-order valence-corrected chi connectivity index (χ4v) is 1.52. The Balaban J connectivity index is 2.00. The fraction of sp³-hybridized carbons (Fsp3) is 0.583. The third-order valence-electron chi connectivity index (χ3n) is 2.59. The standard InChI is InChI=1S/C12H17N5O3/c1-12(2,3)11-15-14-9(20-11)7-17-6-8(13-16-17)4-5-10(18)19/h6H,4-5,7H2,1-3H3,(H,18,19). The maximum Gasteiger partial charge on any atom is 0.303 e. The van der Waals surface area contributed by atoms with Crippen LogP contribution in [0.5, 0.6) is 0 Å². The van der Waals surface area contributed by atoms with Crippen LogP contribution in [-0.2, 0) is 23.2 Å². The molecule has 108 valence electrons. The fourth-order valence-electron chi connectivity index (χ4n) is 1.52. The summed E-state index contributed by atoms with van der Waals surface area (Å²) in [4.78, 5) is 10.5. The van der Waals surface area contributed by atoms with Gasteiger partial charge in [-0.2, -0.15) is 0 Å². The van der Waals surface area contributed by atoms with Crippen LogP contribution in [0.3, 0.4) is 0 Å². The normalized spacial score (nSPS) is 11.8. The predicted octanol–water partition coefficient (Wildman–Crippen LogP) is 1.02. The highest BCUT2D eigenvalue weighted by atomic mass is 16.4. The average Bonchev–Trinajstić information content (AvgIpc) is 2.95. The van der Waals surface area contributed by atoms with E-state index < -0.39 is 5.97 Å². The topological polar surface area (TPSA) is 107 Å². The van der Waals surface area contributed by atoms with E-state index in [2.05, 4.69) is 20.5 Å². The molecule has 2 aromatic heterocycles. The second kappa shape index (κ2) is 5.40. The van der Waals surface area contributed by atoms with Crippen molar-refractivity contribution < 1.29 is 14.3 Å². The summed E-state index contributed by atoms with van der Waals surface area (Å²) in [7, 11) is 0. The molecule has 0 aliphatic heterocycles. The van der Waals surface area contributed by atoms with Crippen LogP contribution in [0.4, 0.5) is 0 Å². The van der Waals surface area contributed by atoms with Gasteiger partial charge in [-0.1, -0.05) is 26.0 Å². The van der Waals surface area contributed by atoms with Crippen molar-refractivity contribution in [2.45, 2.75) is 45.6 Å². The van der Waals surface area contributed by atoms with Gasteiger partial charge in [0.15, 0.2) is 0 Å². The molecule has 0 fully saturated rings. The number of aryl methyl sites for hydroxylation is 1. The molecule has 0 spiro atoms. The number of carboxylic acids is 1. The summed E-state index contributed by atoms with van der Waals surface area (Å²) in [5.41, 5.74) is 0.434. The number of aromatic nitrogens is 5. The Bertz CT molecular complexity index is 596. The third-order valence-corrected chi connectivity index (χ3v) is 2.59. The van der Waals surface area contributed by atoms with E-state index in [0.29, 0.717) is 30.4 Å². The lowest BCUT2D eigenvalue weighted by molar-refractivity contribution is -0.136. The van der Waals surface area contributed by atoms with Crippen LogP contribution in [0.1, 0.15) is 44.7 Å². The van der Waals surface area contributed by atoms with Crippen molar-refractivity contribution in [1.29, 1.82) is 0 Å². The Labute approximate surface area is 115 Å². The lowest BCUT2D eigenvalue weighted by Gasteiger charge is -2.10. The van der Waals surface area contributed by atoms with E-state index in [1.165, 1.54) is 0 Å². The van der Waals surface area contributed by atoms with E-state index in [0.717, 1.165) is 0 Å². The highest BCUT2D eigenvalue weighted by Gasteiger charge is 2.21. The molecule has 0 radical (unpaired) electrons. The molecule has 0 unspecified atom stereocenters. The first-order valence-corrected chi connectivity index (χ1v) is 6.28. The van der Waals surface area contributed by atoms with Gasteiger partial charge in [0.1, 0.15) is 6.54 Å². The predicted molar refractivity (Wildman–Crippen MR) is 68.1 cm³/mol. The van der Waals surface area contributed by atoms with Crippen LogP contribution >= 0.6 is 0 Å². The van der Waals surface area contributed by atoms with Crippen LogP contribution < -0.4 is 0 Å². The van der Waals surface area contributed by atoms with E-state index >= 15 is 0 Å². The summed E-state index contributed by atoms with van der Waals surface area (Å²) < 4.78 is 7.11. The SMILES string of the molecule is CC(C)(C)c1nnc(Cn2cc(CCC(=O)O)nn2)o1. The minimum atomic E-state index is -0.855. The molecule has 8 heteroatoms. The first kappa shape index (κ1) is 14.2. The van der Waals surface area contributed by atoms with E-state index in [9.17, 15) is 4.79 Å². The summed E-state index contributed by atoms with van der Waals surface area (Å²) >= 11 is 0. The van der Waals surface area contributed by atoms with Crippen molar-refractivity contribution in [3.05, 3.63) is 23.7 Å². The Morgan fingerprint density at radius 1 is 1.35 bits per heavy atom. The highest BCUT2D eigenvalue weighted by Crippen LogP contribution is 2.20. The van der Waals surface area contributed by atoms with Crippen LogP contribution in [0.25, 0.3) is 0 Å².